The van der Waals surface area contributed by atoms with Gasteiger partial charge in [0.15, 0.2) is 0 Å². The fourth-order valence-corrected chi connectivity index (χ4v) is 1.71. The molecule has 0 amide bonds. The highest BCUT2D eigenvalue weighted by molar-refractivity contribution is 7.84. The van der Waals surface area contributed by atoms with Gasteiger partial charge in [-0.3, -0.25) is 4.21 Å². The van der Waals surface area contributed by atoms with Crippen molar-refractivity contribution in [1.29, 1.82) is 0 Å². The molecule has 0 saturated carbocycles. The summed E-state index contributed by atoms with van der Waals surface area (Å²) in [6, 6.07) is 5.59. The normalized spacial score (nSPS) is 12.1. The van der Waals surface area contributed by atoms with Crippen LogP contribution in [0.3, 0.4) is 0 Å². The zero-order chi connectivity index (χ0) is 12.7. The first kappa shape index (κ1) is 13.8. The SMILES string of the molecule is CCCOc1cc(NCCS(C)=O)ccc1N. The smallest absolute Gasteiger partial charge is 0.144 e. The summed E-state index contributed by atoms with van der Waals surface area (Å²) < 4.78 is 16.5. The zero-order valence-electron chi connectivity index (χ0n) is 10.4. The van der Waals surface area contributed by atoms with Gasteiger partial charge in [-0.25, -0.2) is 0 Å². The Kier molecular flexibility index (Phi) is 5.83. The maximum Gasteiger partial charge on any atom is 0.144 e. The van der Waals surface area contributed by atoms with Gasteiger partial charge in [0.1, 0.15) is 5.75 Å². The Balaban J connectivity index is 2.58. The topological polar surface area (TPSA) is 64.3 Å². The van der Waals surface area contributed by atoms with Crippen LogP contribution in [-0.4, -0.2) is 29.4 Å². The van der Waals surface area contributed by atoms with Gasteiger partial charge in [0, 0.05) is 41.1 Å². The average Bonchev–Trinajstić information content (AvgIpc) is 2.29. The number of anilines is 2. The Morgan fingerprint density at radius 3 is 2.88 bits per heavy atom. The summed E-state index contributed by atoms with van der Waals surface area (Å²) in [5.74, 6) is 1.34. The molecule has 0 aliphatic carbocycles. The Morgan fingerprint density at radius 2 is 2.24 bits per heavy atom. The van der Waals surface area contributed by atoms with Crippen molar-refractivity contribution in [3.05, 3.63) is 18.2 Å². The summed E-state index contributed by atoms with van der Waals surface area (Å²) in [6.45, 7) is 3.39. The molecule has 0 heterocycles. The van der Waals surface area contributed by atoms with E-state index in [0.29, 0.717) is 30.3 Å². The molecular weight excluding hydrogens is 236 g/mol. The Morgan fingerprint density at radius 1 is 1.47 bits per heavy atom. The summed E-state index contributed by atoms with van der Waals surface area (Å²) in [6.07, 6.45) is 2.65. The second kappa shape index (κ2) is 7.17. The van der Waals surface area contributed by atoms with E-state index in [2.05, 4.69) is 12.2 Å². The second-order valence-corrected chi connectivity index (χ2v) is 5.36. The lowest BCUT2D eigenvalue weighted by Crippen LogP contribution is -2.10. The number of nitrogens with one attached hydrogen (secondary N) is 1. The van der Waals surface area contributed by atoms with Gasteiger partial charge in [0.25, 0.3) is 0 Å². The Bertz CT molecular complexity index is 383. The van der Waals surface area contributed by atoms with Crippen molar-refractivity contribution in [2.75, 3.05) is 36.2 Å². The average molecular weight is 256 g/mol. The molecule has 0 fully saturated rings. The van der Waals surface area contributed by atoms with Crippen molar-refractivity contribution in [2.45, 2.75) is 13.3 Å². The molecule has 1 rings (SSSR count). The van der Waals surface area contributed by atoms with E-state index in [0.717, 1.165) is 12.1 Å². The van der Waals surface area contributed by atoms with Crippen LogP contribution in [0.1, 0.15) is 13.3 Å². The van der Waals surface area contributed by atoms with Crippen LogP contribution in [0.25, 0.3) is 0 Å². The van der Waals surface area contributed by atoms with E-state index in [1.807, 2.05) is 18.2 Å². The third-order valence-electron chi connectivity index (χ3n) is 2.19. The fraction of sp³-hybridized carbons (Fsp3) is 0.500. The summed E-state index contributed by atoms with van der Waals surface area (Å²) in [5.41, 5.74) is 7.39. The van der Waals surface area contributed by atoms with E-state index in [4.69, 9.17) is 10.5 Å². The van der Waals surface area contributed by atoms with Crippen molar-refractivity contribution in [3.8, 4) is 5.75 Å². The molecule has 0 aliphatic rings. The number of rotatable bonds is 7. The van der Waals surface area contributed by atoms with Gasteiger partial charge in [-0.1, -0.05) is 6.92 Å². The lowest BCUT2D eigenvalue weighted by Gasteiger charge is -2.11. The van der Waals surface area contributed by atoms with Gasteiger partial charge in [-0.15, -0.1) is 0 Å². The largest absolute Gasteiger partial charge is 0.491 e. The molecule has 1 aromatic rings. The van der Waals surface area contributed by atoms with Crippen LogP contribution in [-0.2, 0) is 10.8 Å². The summed E-state index contributed by atoms with van der Waals surface area (Å²) in [5, 5.41) is 3.19. The van der Waals surface area contributed by atoms with Crippen molar-refractivity contribution in [2.24, 2.45) is 0 Å². The zero-order valence-corrected chi connectivity index (χ0v) is 11.2. The molecule has 0 bridgehead atoms. The van der Waals surface area contributed by atoms with Crippen molar-refractivity contribution in [3.63, 3.8) is 0 Å². The predicted octanol–water partition coefficient (Wildman–Crippen LogP) is 1.85. The van der Waals surface area contributed by atoms with Crippen LogP contribution in [0.15, 0.2) is 18.2 Å². The first-order valence-corrected chi connectivity index (χ1v) is 7.42. The number of hydrogen-bond acceptors (Lipinski definition) is 4. The van der Waals surface area contributed by atoms with Crippen molar-refractivity contribution in [1.82, 2.24) is 0 Å². The molecule has 0 spiro atoms. The number of benzene rings is 1. The molecule has 5 heteroatoms. The fourth-order valence-electron chi connectivity index (χ4n) is 1.32. The minimum Gasteiger partial charge on any atom is -0.491 e. The third kappa shape index (κ3) is 5.08. The summed E-state index contributed by atoms with van der Waals surface area (Å²) in [7, 11) is -0.772. The Labute approximate surface area is 105 Å². The van der Waals surface area contributed by atoms with Gasteiger partial charge in [0.2, 0.25) is 0 Å². The highest BCUT2D eigenvalue weighted by atomic mass is 32.2. The number of ether oxygens (including phenoxy) is 1. The van der Waals surface area contributed by atoms with Gasteiger partial charge < -0.3 is 15.8 Å². The second-order valence-electron chi connectivity index (χ2n) is 3.81. The van der Waals surface area contributed by atoms with Crippen molar-refractivity contribution >= 4 is 22.2 Å². The minimum absolute atomic E-state index is 0.634. The first-order valence-electron chi connectivity index (χ1n) is 5.69. The van der Waals surface area contributed by atoms with E-state index in [-0.39, 0.29) is 0 Å². The lowest BCUT2D eigenvalue weighted by atomic mass is 10.2. The third-order valence-corrected chi connectivity index (χ3v) is 2.97. The van der Waals surface area contributed by atoms with E-state index < -0.39 is 10.8 Å². The molecule has 17 heavy (non-hydrogen) atoms. The first-order chi connectivity index (χ1) is 8.13. The predicted molar refractivity (Wildman–Crippen MR) is 74.1 cm³/mol. The molecule has 1 atom stereocenters. The highest BCUT2D eigenvalue weighted by Crippen LogP contribution is 2.25. The molecule has 96 valence electrons. The van der Waals surface area contributed by atoms with Gasteiger partial charge in [0.05, 0.1) is 12.3 Å². The summed E-state index contributed by atoms with van der Waals surface area (Å²) in [4.78, 5) is 0. The summed E-state index contributed by atoms with van der Waals surface area (Å²) >= 11 is 0. The van der Waals surface area contributed by atoms with Crippen LogP contribution in [0.5, 0.6) is 5.75 Å². The Hall–Kier alpha value is -1.23. The van der Waals surface area contributed by atoms with E-state index in [1.54, 1.807) is 6.26 Å². The molecule has 0 saturated heterocycles. The quantitative estimate of drug-likeness (QED) is 0.731. The van der Waals surface area contributed by atoms with Gasteiger partial charge >= 0.3 is 0 Å². The molecule has 4 nitrogen and oxygen atoms in total. The van der Waals surface area contributed by atoms with E-state index in [9.17, 15) is 4.21 Å². The van der Waals surface area contributed by atoms with Crippen molar-refractivity contribution < 1.29 is 8.95 Å². The highest BCUT2D eigenvalue weighted by Gasteiger charge is 2.02. The molecule has 1 unspecified atom stereocenters. The maximum absolute atomic E-state index is 10.9. The van der Waals surface area contributed by atoms with Crippen LogP contribution in [0.2, 0.25) is 0 Å². The molecule has 0 aliphatic heterocycles. The maximum atomic E-state index is 10.9. The number of hydrogen-bond donors (Lipinski definition) is 2. The molecular formula is C12H20N2O2S. The monoisotopic (exact) mass is 256 g/mol. The molecule has 3 N–H and O–H groups in total. The molecule has 1 aromatic carbocycles. The van der Waals surface area contributed by atoms with Crippen LogP contribution >= 0.6 is 0 Å². The number of nitrogens with two attached hydrogens (primary N) is 1. The lowest BCUT2D eigenvalue weighted by molar-refractivity contribution is 0.319. The van der Waals surface area contributed by atoms with Gasteiger partial charge in [-0.05, 0) is 18.6 Å². The van der Waals surface area contributed by atoms with E-state index >= 15 is 0 Å². The van der Waals surface area contributed by atoms with E-state index in [1.165, 1.54) is 0 Å². The molecule has 0 radical (unpaired) electrons. The van der Waals surface area contributed by atoms with Crippen LogP contribution < -0.4 is 15.8 Å². The van der Waals surface area contributed by atoms with Crippen LogP contribution in [0, 0.1) is 0 Å². The molecule has 0 aromatic heterocycles. The van der Waals surface area contributed by atoms with Gasteiger partial charge in [-0.2, -0.15) is 0 Å². The number of nitrogen functional groups attached to an aromatic ring is 1. The van der Waals surface area contributed by atoms with Crippen LogP contribution in [0.4, 0.5) is 11.4 Å². The standard InChI is InChI=1S/C12H20N2O2S/c1-3-7-16-12-9-10(4-5-11(12)13)14-6-8-17(2)15/h4-5,9,14H,3,6-8,13H2,1-2H3. The minimum atomic E-state index is -0.772.